The van der Waals surface area contributed by atoms with E-state index in [1.165, 1.54) is 12.4 Å². The molecule has 2 rings (SSSR count). The third kappa shape index (κ3) is 8.02. The van der Waals surface area contributed by atoms with Gasteiger partial charge in [-0.25, -0.2) is 13.8 Å². The fraction of sp³-hybridized carbons (Fsp3) is 0.379. The van der Waals surface area contributed by atoms with Crippen molar-refractivity contribution >= 4 is 35.0 Å². The molecule has 1 N–H and O–H groups in total. The van der Waals surface area contributed by atoms with Crippen LogP contribution in [-0.4, -0.2) is 30.0 Å². The van der Waals surface area contributed by atoms with Crippen LogP contribution in [0.3, 0.4) is 0 Å². The maximum Gasteiger partial charge on any atom is 0.162 e. The summed E-state index contributed by atoms with van der Waals surface area (Å²) >= 11 is 6.62. The van der Waals surface area contributed by atoms with Crippen LogP contribution in [0.5, 0.6) is 0 Å². The van der Waals surface area contributed by atoms with E-state index in [1.807, 2.05) is 25.1 Å². The van der Waals surface area contributed by atoms with Crippen molar-refractivity contribution in [1.29, 1.82) is 0 Å². The quantitative estimate of drug-likeness (QED) is 0.236. The number of nitrogens with one attached hydrogen (secondary N) is 1. The maximum absolute atomic E-state index is 14.3. The number of rotatable bonds is 11. The zero-order chi connectivity index (χ0) is 26.7. The molecule has 0 unspecified atom stereocenters. The SMILES string of the molecule is C=C(c1ccc(NC(C=N/C=C(\C)C2=C(F)C(F)=C(C)CC2)=N/C=C\C)cc1Cl)N(CCC)CCC. The average molecular weight is 515 g/mol. The first-order chi connectivity index (χ1) is 17.2. The standard InChI is InChI=1S/C29H37ClF2N4/c1-7-14-34-27(19-33-18-21(5)24-12-10-20(4)28(31)29(24)32)35-23-11-13-25(26(30)17-23)22(6)36(15-8-2)16-9-3/h7,11,13-14,17-19H,6,8-10,12,15-16H2,1-5H3,(H,34,35)/b14-7-,21-18+,33-19?. The lowest BCUT2D eigenvalue weighted by molar-refractivity contribution is 0.397. The summed E-state index contributed by atoms with van der Waals surface area (Å²) in [6.45, 7) is 15.6. The van der Waals surface area contributed by atoms with Crippen LogP contribution in [0.4, 0.5) is 14.5 Å². The molecule has 194 valence electrons. The molecule has 0 aromatic heterocycles. The summed E-state index contributed by atoms with van der Waals surface area (Å²) < 4.78 is 28.3. The van der Waals surface area contributed by atoms with E-state index in [1.54, 1.807) is 26.1 Å². The van der Waals surface area contributed by atoms with E-state index < -0.39 is 11.7 Å². The predicted molar refractivity (Wildman–Crippen MR) is 152 cm³/mol. The molecule has 0 heterocycles. The van der Waals surface area contributed by atoms with Crippen LogP contribution in [0.25, 0.3) is 5.70 Å². The smallest absolute Gasteiger partial charge is 0.162 e. The summed E-state index contributed by atoms with van der Waals surface area (Å²) in [4.78, 5) is 10.9. The van der Waals surface area contributed by atoms with Crippen LogP contribution >= 0.6 is 11.6 Å². The second-order valence-corrected chi connectivity index (χ2v) is 9.13. The Kier molecular flexibility index (Phi) is 11.8. The zero-order valence-corrected chi connectivity index (χ0v) is 22.7. The van der Waals surface area contributed by atoms with Gasteiger partial charge in [-0.05, 0) is 81.4 Å². The van der Waals surface area contributed by atoms with Gasteiger partial charge in [0.05, 0.1) is 11.2 Å². The summed E-state index contributed by atoms with van der Waals surface area (Å²) in [6, 6.07) is 5.70. The van der Waals surface area contributed by atoms with Crippen LogP contribution in [0.2, 0.25) is 5.02 Å². The number of anilines is 1. The molecule has 0 saturated heterocycles. The minimum absolute atomic E-state index is 0.345. The monoisotopic (exact) mass is 514 g/mol. The summed E-state index contributed by atoms with van der Waals surface area (Å²) in [5.74, 6) is -1.09. The van der Waals surface area contributed by atoms with Crippen molar-refractivity contribution in [2.75, 3.05) is 18.4 Å². The summed E-state index contributed by atoms with van der Waals surface area (Å²) in [5.41, 5.74) is 3.90. The summed E-state index contributed by atoms with van der Waals surface area (Å²) in [7, 11) is 0. The molecule has 1 aromatic rings. The van der Waals surface area contributed by atoms with Crippen LogP contribution < -0.4 is 5.32 Å². The Morgan fingerprint density at radius 1 is 1.17 bits per heavy atom. The van der Waals surface area contributed by atoms with Crippen LogP contribution in [0.15, 0.2) is 81.6 Å². The molecule has 7 heteroatoms. The molecule has 0 atom stereocenters. The van der Waals surface area contributed by atoms with Gasteiger partial charge >= 0.3 is 0 Å². The molecule has 0 spiro atoms. The first-order valence-corrected chi connectivity index (χ1v) is 12.8. The van der Waals surface area contributed by atoms with Crippen molar-refractivity contribution in [2.24, 2.45) is 9.98 Å². The van der Waals surface area contributed by atoms with E-state index in [4.69, 9.17) is 11.6 Å². The largest absolute Gasteiger partial charge is 0.372 e. The molecule has 0 radical (unpaired) electrons. The number of halogens is 3. The predicted octanol–water partition coefficient (Wildman–Crippen LogP) is 9.01. The molecule has 1 aliphatic carbocycles. The third-order valence-corrected chi connectivity index (χ3v) is 6.12. The Balaban J connectivity index is 2.22. The maximum atomic E-state index is 14.3. The number of hydrogen-bond donors (Lipinski definition) is 1. The minimum Gasteiger partial charge on any atom is -0.372 e. The first-order valence-electron chi connectivity index (χ1n) is 12.4. The number of benzene rings is 1. The van der Waals surface area contributed by atoms with Crippen LogP contribution in [0.1, 0.15) is 65.9 Å². The lowest BCUT2D eigenvalue weighted by Crippen LogP contribution is -2.23. The van der Waals surface area contributed by atoms with Crippen molar-refractivity contribution in [3.05, 3.63) is 82.2 Å². The molecule has 0 aliphatic heterocycles. The number of allylic oxidation sites excluding steroid dienone is 6. The van der Waals surface area contributed by atoms with E-state index in [0.29, 0.717) is 40.4 Å². The van der Waals surface area contributed by atoms with Gasteiger partial charge in [0.15, 0.2) is 11.7 Å². The highest BCUT2D eigenvalue weighted by atomic mass is 35.5. The zero-order valence-electron chi connectivity index (χ0n) is 22.0. The Hall–Kier alpha value is -2.99. The minimum atomic E-state index is -0.795. The lowest BCUT2D eigenvalue weighted by atomic mass is 9.93. The third-order valence-electron chi connectivity index (χ3n) is 5.81. The summed E-state index contributed by atoms with van der Waals surface area (Å²) in [6.07, 6.45) is 9.50. The highest BCUT2D eigenvalue weighted by Gasteiger charge is 2.20. The van der Waals surface area contributed by atoms with Gasteiger partial charge in [0.2, 0.25) is 0 Å². The van der Waals surface area contributed by atoms with Gasteiger partial charge in [0, 0.05) is 42.4 Å². The van der Waals surface area contributed by atoms with Gasteiger partial charge in [0.1, 0.15) is 5.84 Å². The molecule has 1 aromatic carbocycles. The van der Waals surface area contributed by atoms with Gasteiger partial charge in [-0.3, -0.25) is 4.99 Å². The molecule has 0 saturated carbocycles. The fourth-order valence-electron chi connectivity index (χ4n) is 3.84. The second kappa shape index (κ2) is 14.5. The Labute approximate surface area is 219 Å². The Morgan fingerprint density at radius 3 is 2.47 bits per heavy atom. The van der Waals surface area contributed by atoms with Gasteiger partial charge < -0.3 is 10.2 Å². The van der Waals surface area contributed by atoms with Gasteiger partial charge in [-0.15, -0.1) is 0 Å². The molecule has 0 fully saturated rings. The molecule has 0 bridgehead atoms. The van der Waals surface area contributed by atoms with Gasteiger partial charge in [0.25, 0.3) is 0 Å². The fourth-order valence-corrected chi connectivity index (χ4v) is 4.13. The molecule has 1 aliphatic rings. The number of aliphatic imine (C=N–C) groups is 2. The van der Waals surface area contributed by atoms with Crippen molar-refractivity contribution < 1.29 is 8.78 Å². The number of nitrogens with zero attached hydrogens (tertiary/aromatic N) is 3. The Bertz CT molecular complexity index is 1120. The van der Waals surface area contributed by atoms with Crippen molar-refractivity contribution in [1.82, 2.24) is 4.90 Å². The summed E-state index contributed by atoms with van der Waals surface area (Å²) in [5, 5.41) is 3.80. The highest BCUT2D eigenvalue weighted by molar-refractivity contribution is 6.36. The van der Waals surface area contributed by atoms with Gasteiger partial charge in [-0.1, -0.05) is 38.1 Å². The molecular formula is C29H37ClF2N4. The topological polar surface area (TPSA) is 40.0 Å². The van der Waals surface area contributed by atoms with E-state index in [9.17, 15) is 8.78 Å². The number of amidine groups is 1. The first kappa shape index (κ1) is 29.2. The van der Waals surface area contributed by atoms with Crippen molar-refractivity contribution in [3.63, 3.8) is 0 Å². The number of hydrogen-bond acceptors (Lipinski definition) is 3. The van der Waals surface area contributed by atoms with E-state index >= 15 is 0 Å². The second-order valence-electron chi connectivity index (χ2n) is 8.73. The molecular weight excluding hydrogens is 478 g/mol. The van der Waals surface area contributed by atoms with Gasteiger partial charge in [-0.2, -0.15) is 0 Å². The van der Waals surface area contributed by atoms with E-state index in [0.717, 1.165) is 42.9 Å². The van der Waals surface area contributed by atoms with Crippen molar-refractivity contribution in [2.45, 2.75) is 60.3 Å². The molecule has 36 heavy (non-hydrogen) atoms. The highest BCUT2D eigenvalue weighted by Crippen LogP contribution is 2.35. The average Bonchev–Trinajstić information content (AvgIpc) is 2.85. The van der Waals surface area contributed by atoms with E-state index in [-0.39, 0.29) is 0 Å². The van der Waals surface area contributed by atoms with Crippen molar-refractivity contribution in [3.8, 4) is 0 Å². The molecule has 0 amide bonds. The lowest BCUT2D eigenvalue weighted by Gasteiger charge is -2.26. The van der Waals surface area contributed by atoms with Crippen LogP contribution in [0, 0.1) is 0 Å². The normalized spacial score (nSPS) is 15.4. The van der Waals surface area contributed by atoms with Crippen LogP contribution in [-0.2, 0) is 0 Å². The van der Waals surface area contributed by atoms with E-state index in [2.05, 4.69) is 40.6 Å². The molecule has 4 nitrogen and oxygen atoms in total. The Morgan fingerprint density at radius 2 is 1.86 bits per heavy atom.